The lowest BCUT2D eigenvalue weighted by molar-refractivity contribution is 0.215. The summed E-state index contributed by atoms with van der Waals surface area (Å²) < 4.78 is 0. The molecule has 0 bridgehead atoms. The van der Waals surface area contributed by atoms with Crippen molar-refractivity contribution in [1.82, 2.24) is 5.32 Å². The molecule has 0 aromatic rings. The van der Waals surface area contributed by atoms with Crippen LogP contribution in [0.4, 0.5) is 0 Å². The molecule has 0 spiro atoms. The van der Waals surface area contributed by atoms with Crippen LogP contribution in [0.15, 0.2) is 0 Å². The Bertz CT molecular complexity index is 230. The summed E-state index contributed by atoms with van der Waals surface area (Å²) in [4.78, 5) is 0. The van der Waals surface area contributed by atoms with Crippen molar-refractivity contribution in [2.24, 2.45) is 5.41 Å². The Hall–Kier alpha value is -0.0400. The van der Waals surface area contributed by atoms with Crippen LogP contribution < -0.4 is 5.32 Å². The largest absolute Gasteiger partial charge is 0.316 e. The molecule has 0 radical (unpaired) electrons. The zero-order chi connectivity index (χ0) is 15.4. The Morgan fingerprint density at radius 3 is 1.76 bits per heavy atom. The summed E-state index contributed by atoms with van der Waals surface area (Å²) in [5.74, 6) is 0. The summed E-state index contributed by atoms with van der Waals surface area (Å²) in [6.45, 7) is 4.81. The first-order chi connectivity index (χ1) is 10.2. The van der Waals surface area contributed by atoms with Gasteiger partial charge in [-0.1, -0.05) is 90.9 Å². The Labute approximate surface area is 134 Å². The third kappa shape index (κ3) is 7.68. The summed E-state index contributed by atoms with van der Waals surface area (Å²) >= 11 is 0. The molecule has 1 nitrogen and oxygen atoms in total. The summed E-state index contributed by atoms with van der Waals surface area (Å²) in [6.07, 6.45) is 21.6. The van der Waals surface area contributed by atoms with Gasteiger partial charge in [0.1, 0.15) is 0 Å². The van der Waals surface area contributed by atoms with E-state index < -0.39 is 0 Å². The maximum absolute atomic E-state index is 3.62. The van der Waals surface area contributed by atoms with Crippen molar-refractivity contribution in [2.45, 2.75) is 116 Å². The van der Waals surface area contributed by atoms with Crippen molar-refractivity contribution < 1.29 is 0 Å². The van der Waals surface area contributed by atoms with Gasteiger partial charge in [-0.2, -0.15) is 0 Å². The van der Waals surface area contributed by atoms with Crippen LogP contribution in [0.1, 0.15) is 110 Å². The van der Waals surface area contributed by atoms with Gasteiger partial charge in [0, 0.05) is 6.04 Å². The van der Waals surface area contributed by atoms with Gasteiger partial charge in [0.05, 0.1) is 0 Å². The van der Waals surface area contributed by atoms with Crippen molar-refractivity contribution in [3.8, 4) is 0 Å². The maximum atomic E-state index is 3.62. The van der Waals surface area contributed by atoms with Crippen molar-refractivity contribution in [3.05, 3.63) is 0 Å². The number of rotatable bonds is 13. The lowest BCUT2D eigenvalue weighted by atomic mass is 9.78. The third-order valence-corrected chi connectivity index (χ3v) is 5.78. The molecule has 0 saturated heterocycles. The molecule has 0 aliphatic heterocycles. The molecule has 21 heavy (non-hydrogen) atoms. The highest BCUT2D eigenvalue weighted by Crippen LogP contribution is 2.41. The predicted octanol–water partition coefficient (Wildman–Crippen LogP) is 6.47. The van der Waals surface area contributed by atoms with Crippen molar-refractivity contribution >= 4 is 0 Å². The number of hydrogen-bond donors (Lipinski definition) is 1. The summed E-state index contributed by atoms with van der Waals surface area (Å²) in [6, 6.07) is 0.758. The highest BCUT2D eigenvalue weighted by atomic mass is 14.9. The average Bonchev–Trinajstić information content (AvgIpc) is 2.92. The number of hydrogen-bond acceptors (Lipinski definition) is 1. The average molecular weight is 296 g/mol. The van der Waals surface area contributed by atoms with Crippen LogP contribution in [0.3, 0.4) is 0 Å². The molecule has 1 aliphatic carbocycles. The van der Waals surface area contributed by atoms with Crippen LogP contribution in [0.2, 0.25) is 0 Å². The minimum absolute atomic E-state index is 0.591. The Balaban J connectivity index is 1.95. The molecule has 126 valence electrons. The fourth-order valence-corrected chi connectivity index (χ4v) is 4.21. The minimum Gasteiger partial charge on any atom is -0.316 e. The number of unbranched alkanes of at least 4 members (excludes halogenated alkanes) is 9. The van der Waals surface area contributed by atoms with E-state index in [0.717, 1.165) is 6.04 Å². The number of nitrogens with one attached hydrogen (secondary N) is 1. The molecule has 1 fully saturated rings. The van der Waals surface area contributed by atoms with Gasteiger partial charge in [0.2, 0.25) is 0 Å². The normalized spacial score (nSPS) is 19.0. The highest BCUT2D eigenvalue weighted by Gasteiger charge is 2.35. The molecule has 0 heterocycles. The Morgan fingerprint density at radius 2 is 1.29 bits per heavy atom. The maximum Gasteiger partial charge on any atom is 0.0118 e. The second-order valence-electron chi connectivity index (χ2n) is 7.67. The summed E-state index contributed by atoms with van der Waals surface area (Å²) in [7, 11) is 2.17. The van der Waals surface area contributed by atoms with E-state index >= 15 is 0 Å². The lowest BCUT2D eigenvalue weighted by Crippen LogP contribution is -2.40. The lowest BCUT2D eigenvalue weighted by Gasteiger charge is -2.34. The first kappa shape index (κ1) is 19.0. The molecule has 0 amide bonds. The van der Waals surface area contributed by atoms with Gasteiger partial charge in [-0.05, 0) is 31.7 Å². The van der Waals surface area contributed by atoms with Gasteiger partial charge in [-0.25, -0.2) is 0 Å². The Morgan fingerprint density at radius 1 is 0.810 bits per heavy atom. The fourth-order valence-electron chi connectivity index (χ4n) is 4.21. The minimum atomic E-state index is 0.591. The van der Waals surface area contributed by atoms with E-state index in [0.29, 0.717) is 5.41 Å². The van der Waals surface area contributed by atoms with Gasteiger partial charge >= 0.3 is 0 Å². The van der Waals surface area contributed by atoms with Gasteiger partial charge in [-0.15, -0.1) is 0 Å². The third-order valence-electron chi connectivity index (χ3n) is 5.78. The van der Waals surface area contributed by atoms with Gasteiger partial charge < -0.3 is 5.32 Å². The van der Waals surface area contributed by atoms with Crippen LogP contribution in [-0.2, 0) is 0 Å². The molecule has 1 heteroatoms. The van der Waals surface area contributed by atoms with Gasteiger partial charge in [0.15, 0.2) is 0 Å². The first-order valence-corrected chi connectivity index (χ1v) is 9.90. The smallest absolute Gasteiger partial charge is 0.0118 e. The fraction of sp³-hybridized carbons (Fsp3) is 1.00. The molecule has 1 aliphatic rings. The van der Waals surface area contributed by atoms with Crippen LogP contribution in [0.25, 0.3) is 0 Å². The summed E-state index contributed by atoms with van der Waals surface area (Å²) in [5, 5.41) is 3.62. The van der Waals surface area contributed by atoms with E-state index in [2.05, 4.69) is 26.2 Å². The van der Waals surface area contributed by atoms with Crippen LogP contribution in [0, 0.1) is 5.41 Å². The summed E-state index contributed by atoms with van der Waals surface area (Å²) in [5.41, 5.74) is 0.591. The quantitative estimate of drug-likeness (QED) is 0.384. The molecule has 1 rings (SSSR count). The molecule has 1 atom stereocenters. The van der Waals surface area contributed by atoms with Crippen molar-refractivity contribution in [3.63, 3.8) is 0 Å². The van der Waals surface area contributed by atoms with Crippen LogP contribution in [0.5, 0.6) is 0 Å². The highest BCUT2D eigenvalue weighted by molar-refractivity contribution is 4.90. The topological polar surface area (TPSA) is 12.0 Å². The SMILES string of the molecule is CCCCCCCCCCCCC(NC)C1(C)CCCC1. The van der Waals surface area contributed by atoms with Crippen molar-refractivity contribution in [1.29, 1.82) is 0 Å². The van der Waals surface area contributed by atoms with Crippen LogP contribution >= 0.6 is 0 Å². The molecule has 0 aromatic carbocycles. The molecule has 1 unspecified atom stereocenters. The molecular formula is C20H41N. The van der Waals surface area contributed by atoms with E-state index in [-0.39, 0.29) is 0 Å². The molecular weight excluding hydrogens is 254 g/mol. The molecule has 1 N–H and O–H groups in total. The second-order valence-corrected chi connectivity index (χ2v) is 7.67. The zero-order valence-electron chi connectivity index (χ0n) is 15.2. The van der Waals surface area contributed by atoms with Gasteiger partial charge in [0.25, 0.3) is 0 Å². The van der Waals surface area contributed by atoms with E-state index in [1.165, 1.54) is 96.3 Å². The van der Waals surface area contributed by atoms with Crippen molar-refractivity contribution in [2.75, 3.05) is 7.05 Å². The van der Waals surface area contributed by atoms with Gasteiger partial charge in [-0.3, -0.25) is 0 Å². The monoisotopic (exact) mass is 295 g/mol. The predicted molar refractivity (Wildman–Crippen MR) is 95.9 cm³/mol. The van der Waals surface area contributed by atoms with E-state index in [1.54, 1.807) is 0 Å². The second kappa shape index (κ2) is 11.5. The zero-order valence-corrected chi connectivity index (χ0v) is 15.2. The van der Waals surface area contributed by atoms with E-state index in [4.69, 9.17) is 0 Å². The molecule has 0 aromatic heterocycles. The Kier molecular flexibility index (Phi) is 10.4. The molecule has 1 saturated carbocycles. The standard InChI is InChI=1S/C20H41N/c1-4-5-6-7-8-9-10-11-12-13-16-19(21-3)20(2)17-14-15-18-20/h19,21H,4-18H2,1-3H3. The van der Waals surface area contributed by atoms with E-state index in [1.807, 2.05) is 0 Å². The first-order valence-electron chi connectivity index (χ1n) is 9.90. The van der Waals surface area contributed by atoms with Crippen LogP contribution in [-0.4, -0.2) is 13.1 Å². The van der Waals surface area contributed by atoms with E-state index in [9.17, 15) is 0 Å².